The fourth-order valence-electron chi connectivity index (χ4n) is 2.35. The Kier molecular flexibility index (Phi) is 3.31. The number of hydrogen-bond acceptors (Lipinski definition) is 3. The first-order valence-electron chi connectivity index (χ1n) is 6.10. The lowest BCUT2D eigenvalue weighted by Gasteiger charge is -2.19. The first-order valence-corrected chi connectivity index (χ1v) is 6.10. The Morgan fingerprint density at radius 2 is 2.18 bits per heavy atom. The van der Waals surface area contributed by atoms with Gasteiger partial charge in [0.2, 0.25) is 0 Å². The molecule has 0 spiro atoms. The van der Waals surface area contributed by atoms with Crippen molar-refractivity contribution in [3.8, 4) is 0 Å². The van der Waals surface area contributed by atoms with Crippen LogP contribution in [0.1, 0.15) is 37.2 Å². The molecule has 17 heavy (non-hydrogen) atoms. The maximum absolute atomic E-state index is 11.9. The number of carbonyl (C=O) groups is 1. The molecule has 0 aliphatic heterocycles. The highest BCUT2D eigenvalue weighted by atomic mass is 16.1. The van der Waals surface area contributed by atoms with Crippen LogP contribution in [0.5, 0.6) is 0 Å². The molecule has 1 aliphatic carbocycles. The average molecular weight is 233 g/mol. The fourth-order valence-corrected chi connectivity index (χ4v) is 2.35. The van der Waals surface area contributed by atoms with E-state index in [9.17, 15) is 4.79 Å². The Bertz CT molecular complexity index is 402. The molecule has 0 aromatic carbocycles. The zero-order valence-electron chi connectivity index (χ0n) is 10.3. The van der Waals surface area contributed by atoms with Gasteiger partial charge in [-0.2, -0.15) is 0 Å². The highest BCUT2D eigenvalue weighted by Gasteiger charge is 2.30. The highest BCUT2D eigenvalue weighted by molar-refractivity contribution is 5.92. The van der Waals surface area contributed by atoms with E-state index in [1.54, 1.807) is 12.1 Å². The van der Waals surface area contributed by atoms with E-state index >= 15 is 0 Å². The summed E-state index contributed by atoms with van der Waals surface area (Å²) in [6.07, 6.45) is 3.75. The monoisotopic (exact) mass is 233 g/mol. The summed E-state index contributed by atoms with van der Waals surface area (Å²) in [5, 5.41) is 3.05. The van der Waals surface area contributed by atoms with Gasteiger partial charge >= 0.3 is 0 Å². The number of anilines is 1. The molecule has 1 aromatic rings. The molecule has 1 aliphatic rings. The van der Waals surface area contributed by atoms with Crippen LogP contribution in [-0.2, 0) is 0 Å². The van der Waals surface area contributed by atoms with Gasteiger partial charge in [-0.3, -0.25) is 4.79 Å². The summed E-state index contributed by atoms with van der Waals surface area (Å²) < 4.78 is 0. The second-order valence-corrected chi connectivity index (χ2v) is 4.97. The Morgan fingerprint density at radius 1 is 1.41 bits per heavy atom. The van der Waals surface area contributed by atoms with Crippen LogP contribution in [0.3, 0.4) is 0 Å². The van der Waals surface area contributed by atoms with Crippen molar-refractivity contribution in [1.29, 1.82) is 0 Å². The molecule has 1 fully saturated rings. The van der Waals surface area contributed by atoms with Gasteiger partial charge in [0.25, 0.3) is 5.91 Å². The number of nitrogen functional groups attached to an aromatic ring is 1. The predicted octanol–water partition coefficient (Wildman–Crippen LogP) is 1.83. The molecule has 3 unspecified atom stereocenters. The standard InChI is InChI=1S/C13H19N3O/c1-8-3-5-11(9(8)2)16-13(17)12-6-4-10(14)7-15-12/h4,6-9,11H,3,5,14H2,1-2H3,(H,16,17). The lowest BCUT2D eigenvalue weighted by atomic mass is 9.98. The van der Waals surface area contributed by atoms with E-state index in [1.807, 2.05) is 0 Å². The lowest BCUT2D eigenvalue weighted by Crippen LogP contribution is -2.37. The van der Waals surface area contributed by atoms with E-state index in [0.717, 1.165) is 6.42 Å². The molecule has 1 heterocycles. The second-order valence-electron chi connectivity index (χ2n) is 4.97. The quantitative estimate of drug-likeness (QED) is 0.818. The first kappa shape index (κ1) is 11.9. The Morgan fingerprint density at radius 3 is 2.71 bits per heavy atom. The van der Waals surface area contributed by atoms with Crippen LogP contribution in [-0.4, -0.2) is 16.9 Å². The minimum absolute atomic E-state index is 0.101. The van der Waals surface area contributed by atoms with Gasteiger partial charge in [0, 0.05) is 6.04 Å². The summed E-state index contributed by atoms with van der Waals surface area (Å²) >= 11 is 0. The maximum atomic E-state index is 11.9. The summed E-state index contributed by atoms with van der Waals surface area (Å²) in [6, 6.07) is 3.63. The minimum Gasteiger partial charge on any atom is -0.397 e. The van der Waals surface area contributed by atoms with Crippen LogP contribution in [0.2, 0.25) is 0 Å². The van der Waals surface area contributed by atoms with Crippen molar-refractivity contribution in [2.24, 2.45) is 11.8 Å². The summed E-state index contributed by atoms with van der Waals surface area (Å²) in [7, 11) is 0. The SMILES string of the molecule is CC1CCC(NC(=O)c2ccc(N)cn2)C1C. The van der Waals surface area contributed by atoms with E-state index in [0.29, 0.717) is 23.2 Å². The summed E-state index contributed by atoms with van der Waals surface area (Å²) in [5.74, 6) is 1.11. The Labute approximate surface area is 102 Å². The molecule has 1 amide bonds. The van der Waals surface area contributed by atoms with Gasteiger partial charge in [0.05, 0.1) is 11.9 Å². The van der Waals surface area contributed by atoms with Crippen LogP contribution in [0.25, 0.3) is 0 Å². The Hall–Kier alpha value is -1.58. The molecule has 1 saturated carbocycles. The number of rotatable bonds is 2. The second kappa shape index (κ2) is 4.73. The van der Waals surface area contributed by atoms with Crippen molar-refractivity contribution in [2.45, 2.75) is 32.7 Å². The molecule has 4 nitrogen and oxygen atoms in total. The molecule has 4 heteroatoms. The van der Waals surface area contributed by atoms with Gasteiger partial charge in [-0.05, 0) is 36.8 Å². The molecule has 0 bridgehead atoms. The zero-order valence-corrected chi connectivity index (χ0v) is 10.3. The minimum atomic E-state index is -0.101. The molecular formula is C13H19N3O. The van der Waals surface area contributed by atoms with Crippen molar-refractivity contribution in [3.05, 3.63) is 24.0 Å². The van der Waals surface area contributed by atoms with Crippen LogP contribution >= 0.6 is 0 Å². The largest absolute Gasteiger partial charge is 0.397 e. The number of nitrogens with zero attached hydrogens (tertiary/aromatic N) is 1. The molecule has 1 aromatic heterocycles. The number of pyridine rings is 1. The molecule has 92 valence electrons. The zero-order chi connectivity index (χ0) is 12.4. The maximum Gasteiger partial charge on any atom is 0.270 e. The van der Waals surface area contributed by atoms with E-state index < -0.39 is 0 Å². The van der Waals surface area contributed by atoms with Crippen LogP contribution in [0.15, 0.2) is 18.3 Å². The smallest absolute Gasteiger partial charge is 0.270 e. The van der Waals surface area contributed by atoms with Crippen molar-refractivity contribution < 1.29 is 4.79 Å². The molecule has 0 radical (unpaired) electrons. The van der Waals surface area contributed by atoms with Crippen LogP contribution < -0.4 is 11.1 Å². The summed E-state index contributed by atoms with van der Waals surface area (Å²) in [6.45, 7) is 4.43. The molecular weight excluding hydrogens is 214 g/mol. The number of nitrogens with two attached hydrogens (primary N) is 1. The van der Waals surface area contributed by atoms with Crippen molar-refractivity contribution in [2.75, 3.05) is 5.73 Å². The topological polar surface area (TPSA) is 68.0 Å². The third-order valence-electron chi connectivity index (χ3n) is 3.80. The summed E-state index contributed by atoms with van der Waals surface area (Å²) in [5.41, 5.74) is 6.55. The normalized spacial score (nSPS) is 28.0. The molecule has 2 rings (SSSR count). The van der Waals surface area contributed by atoms with Gasteiger partial charge in [0.15, 0.2) is 0 Å². The molecule has 3 N–H and O–H groups in total. The van der Waals surface area contributed by atoms with Gasteiger partial charge in [0.1, 0.15) is 5.69 Å². The number of aromatic nitrogens is 1. The van der Waals surface area contributed by atoms with Crippen LogP contribution in [0.4, 0.5) is 5.69 Å². The number of hydrogen-bond donors (Lipinski definition) is 2. The fraction of sp³-hybridized carbons (Fsp3) is 0.538. The van der Waals surface area contributed by atoms with E-state index in [4.69, 9.17) is 5.73 Å². The van der Waals surface area contributed by atoms with Crippen LogP contribution in [0, 0.1) is 11.8 Å². The van der Waals surface area contributed by atoms with Crippen molar-refractivity contribution >= 4 is 11.6 Å². The average Bonchev–Trinajstić information content (AvgIpc) is 2.62. The number of nitrogens with one attached hydrogen (secondary N) is 1. The number of amides is 1. The first-order chi connectivity index (χ1) is 8.08. The predicted molar refractivity (Wildman–Crippen MR) is 67.5 cm³/mol. The van der Waals surface area contributed by atoms with E-state index in [1.165, 1.54) is 12.6 Å². The summed E-state index contributed by atoms with van der Waals surface area (Å²) in [4.78, 5) is 16.0. The Balaban J connectivity index is 2.00. The molecule has 0 saturated heterocycles. The van der Waals surface area contributed by atoms with Gasteiger partial charge in [-0.25, -0.2) is 4.98 Å². The molecule has 3 atom stereocenters. The van der Waals surface area contributed by atoms with Crippen molar-refractivity contribution in [1.82, 2.24) is 10.3 Å². The van der Waals surface area contributed by atoms with Gasteiger partial charge < -0.3 is 11.1 Å². The van der Waals surface area contributed by atoms with Gasteiger partial charge in [-0.15, -0.1) is 0 Å². The third kappa shape index (κ3) is 2.57. The lowest BCUT2D eigenvalue weighted by molar-refractivity contribution is 0.0922. The third-order valence-corrected chi connectivity index (χ3v) is 3.80. The van der Waals surface area contributed by atoms with Gasteiger partial charge in [-0.1, -0.05) is 13.8 Å². The van der Waals surface area contributed by atoms with Crippen molar-refractivity contribution in [3.63, 3.8) is 0 Å². The highest BCUT2D eigenvalue weighted by Crippen LogP contribution is 2.31. The number of carbonyl (C=O) groups excluding carboxylic acids is 1. The van der Waals surface area contributed by atoms with E-state index in [-0.39, 0.29) is 11.9 Å². The van der Waals surface area contributed by atoms with E-state index in [2.05, 4.69) is 24.1 Å².